The zero-order valence-corrected chi connectivity index (χ0v) is 10.3. The Labute approximate surface area is 107 Å². The van der Waals surface area contributed by atoms with E-state index >= 15 is 0 Å². The van der Waals surface area contributed by atoms with E-state index in [4.69, 9.17) is 5.26 Å². The number of nitriles is 1. The lowest BCUT2D eigenvalue weighted by atomic mass is 10.1. The molecule has 0 saturated heterocycles. The third-order valence-electron chi connectivity index (χ3n) is 2.89. The Hall–Kier alpha value is -2.29. The van der Waals surface area contributed by atoms with Gasteiger partial charge in [0.2, 0.25) is 0 Å². The molecule has 6 heteroatoms. The first-order valence-corrected chi connectivity index (χ1v) is 5.47. The summed E-state index contributed by atoms with van der Waals surface area (Å²) in [5.74, 6) is 0. The van der Waals surface area contributed by atoms with Gasteiger partial charge in [0.15, 0.2) is 5.69 Å². The number of nitrogens with zero attached hydrogens (tertiary/aromatic N) is 3. The highest BCUT2D eigenvalue weighted by atomic mass is 19.4. The molecule has 0 saturated carbocycles. The summed E-state index contributed by atoms with van der Waals surface area (Å²) in [4.78, 5) is 0. The van der Waals surface area contributed by atoms with E-state index in [2.05, 4.69) is 5.10 Å². The molecule has 0 atom stereocenters. The third kappa shape index (κ3) is 2.32. The number of benzene rings is 1. The molecule has 19 heavy (non-hydrogen) atoms. The minimum atomic E-state index is -4.62. The summed E-state index contributed by atoms with van der Waals surface area (Å²) in [6.07, 6.45) is -3.70. The summed E-state index contributed by atoms with van der Waals surface area (Å²) in [6.45, 7) is 3.67. The van der Waals surface area contributed by atoms with E-state index < -0.39 is 17.4 Å². The van der Waals surface area contributed by atoms with E-state index in [0.717, 1.165) is 22.0 Å². The normalized spacial score (nSPS) is 11.4. The van der Waals surface area contributed by atoms with Gasteiger partial charge in [-0.05, 0) is 37.1 Å². The molecule has 0 aliphatic carbocycles. The molecule has 2 aromatic rings. The third-order valence-corrected chi connectivity index (χ3v) is 2.89. The average Bonchev–Trinajstić information content (AvgIpc) is 2.76. The smallest absolute Gasteiger partial charge is 0.227 e. The Bertz CT molecular complexity index is 663. The topological polar surface area (TPSA) is 41.6 Å². The first-order chi connectivity index (χ1) is 8.84. The van der Waals surface area contributed by atoms with E-state index in [9.17, 15) is 13.2 Å². The zero-order valence-electron chi connectivity index (χ0n) is 10.3. The number of rotatable bonds is 1. The number of hydrogen-bond donors (Lipinski definition) is 0. The molecular weight excluding hydrogens is 255 g/mol. The van der Waals surface area contributed by atoms with Crippen LogP contribution in [0.1, 0.15) is 22.4 Å². The molecule has 0 spiro atoms. The zero-order chi connectivity index (χ0) is 14.2. The second-order valence-corrected chi connectivity index (χ2v) is 4.20. The van der Waals surface area contributed by atoms with Crippen molar-refractivity contribution in [2.24, 2.45) is 0 Å². The van der Waals surface area contributed by atoms with Gasteiger partial charge < -0.3 is 0 Å². The Kier molecular flexibility index (Phi) is 3.06. The van der Waals surface area contributed by atoms with Crippen molar-refractivity contribution in [2.75, 3.05) is 0 Å². The second-order valence-electron chi connectivity index (χ2n) is 4.20. The molecular formula is C13H10F3N3. The SMILES string of the molecule is Cc1ccc(-n2ncc(C#N)c2C(F)(F)F)cc1C. The van der Waals surface area contributed by atoms with Crippen molar-refractivity contribution < 1.29 is 13.2 Å². The van der Waals surface area contributed by atoms with Crippen molar-refractivity contribution in [3.63, 3.8) is 0 Å². The molecule has 2 rings (SSSR count). The molecule has 1 heterocycles. The van der Waals surface area contributed by atoms with Crippen LogP contribution in [-0.4, -0.2) is 9.78 Å². The monoisotopic (exact) mass is 265 g/mol. The molecule has 3 nitrogen and oxygen atoms in total. The summed E-state index contributed by atoms with van der Waals surface area (Å²) in [5, 5.41) is 12.4. The lowest BCUT2D eigenvalue weighted by molar-refractivity contribution is -0.143. The minimum absolute atomic E-state index is 0.289. The van der Waals surface area contributed by atoms with Crippen molar-refractivity contribution in [3.05, 3.63) is 46.8 Å². The number of alkyl halides is 3. The van der Waals surface area contributed by atoms with Gasteiger partial charge in [-0.2, -0.15) is 23.5 Å². The summed E-state index contributed by atoms with van der Waals surface area (Å²) in [5.41, 5.74) is 0.602. The van der Waals surface area contributed by atoms with Crippen LogP contribution in [-0.2, 0) is 6.18 Å². The minimum Gasteiger partial charge on any atom is -0.227 e. The predicted molar refractivity (Wildman–Crippen MR) is 62.8 cm³/mol. The summed E-state index contributed by atoms with van der Waals surface area (Å²) < 4.78 is 39.7. The van der Waals surface area contributed by atoms with Crippen LogP contribution >= 0.6 is 0 Å². The summed E-state index contributed by atoms with van der Waals surface area (Å²) >= 11 is 0. The first kappa shape index (κ1) is 13.1. The molecule has 0 aliphatic rings. The Morgan fingerprint density at radius 2 is 1.89 bits per heavy atom. The maximum Gasteiger partial charge on any atom is 0.434 e. The van der Waals surface area contributed by atoms with Crippen LogP contribution in [0.5, 0.6) is 0 Å². The van der Waals surface area contributed by atoms with E-state index in [0.29, 0.717) is 0 Å². The average molecular weight is 265 g/mol. The number of halogens is 3. The first-order valence-electron chi connectivity index (χ1n) is 5.47. The van der Waals surface area contributed by atoms with Crippen molar-refractivity contribution in [1.82, 2.24) is 9.78 Å². The molecule has 0 aliphatic heterocycles. The van der Waals surface area contributed by atoms with E-state index in [1.807, 2.05) is 6.92 Å². The molecule has 0 bridgehead atoms. The molecule has 98 valence electrons. The fourth-order valence-corrected chi connectivity index (χ4v) is 1.76. The standard InChI is InChI=1S/C13H10F3N3/c1-8-3-4-11(5-9(8)2)19-12(13(14,15)16)10(6-17)7-18-19/h3-5,7H,1-2H3. The van der Waals surface area contributed by atoms with Gasteiger partial charge in [-0.25, -0.2) is 4.68 Å². The number of aromatic nitrogens is 2. The van der Waals surface area contributed by atoms with E-state index in [1.165, 1.54) is 6.07 Å². The molecule has 0 radical (unpaired) electrons. The Balaban J connectivity index is 2.67. The lowest BCUT2D eigenvalue weighted by Crippen LogP contribution is -2.15. The summed E-state index contributed by atoms with van der Waals surface area (Å²) in [7, 11) is 0. The van der Waals surface area contributed by atoms with E-state index in [-0.39, 0.29) is 5.69 Å². The van der Waals surface area contributed by atoms with Crippen LogP contribution in [0.25, 0.3) is 5.69 Å². The van der Waals surface area contributed by atoms with Gasteiger partial charge >= 0.3 is 6.18 Å². The fourth-order valence-electron chi connectivity index (χ4n) is 1.76. The molecule has 0 fully saturated rings. The lowest BCUT2D eigenvalue weighted by Gasteiger charge is -2.12. The van der Waals surface area contributed by atoms with Gasteiger partial charge in [-0.3, -0.25) is 0 Å². The van der Waals surface area contributed by atoms with Crippen LogP contribution < -0.4 is 0 Å². The molecule has 0 unspecified atom stereocenters. The van der Waals surface area contributed by atoms with Crippen molar-refractivity contribution in [2.45, 2.75) is 20.0 Å². The maximum atomic E-state index is 13.0. The van der Waals surface area contributed by atoms with Crippen LogP contribution in [0, 0.1) is 25.2 Å². The van der Waals surface area contributed by atoms with Crippen molar-refractivity contribution >= 4 is 0 Å². The highest BCUT2D eigenvalue weighted by Gasteiger charge is 2.38. The van der Waals surface area contributed by atoms with Crippen molar-refractivity contribution in [3.8, 4) is 11.8 Å². The van der Waals surface area contributed by atoms with Crippen molar-refractivity contribution in [1.29, 1.82) is 5.26 Å². The van der Waals surface area contributed by atoms with Gasteiger partial charge in [0.1, 0.15) is 11.6 Å². The van der Waals surface area contributed by atoms with E-state index in [1.54, 1.807) is 25.1 Å². The number of aryl methyl sites for hydroxylation is 2. The molecule has 1 aromatic heterocycles. The largest absolute Gasteiger partial charge is 0.434 e. The molecule has 1 aromatic carbocycles. The Morgan fingerprint density at radius 3 is 2.42 bits per heavy atom. The second kappa shape index (κ2) is 4.43. The summed E-state index contributed by atoms with van der Waals surface area (Å²) in [6, 6.07) is 6.39. The predicted octanol–water partition coefficient (Wildman–Crippen LogP) is 3.38. The highest BCUT2D eigenvalue weighted by molar-refractivity contribution is 5.44. The van der Waals surface area contributed by atoms with Crippen LogP contribution in [0.15, 0.2) is 24.4 Å². The maximum absolute atomic E-state index is 13.0. The Morgan fingerprint density at radius 1 is 1.21 bits per heavy atom. The van der Waals surface area contributed by atoms with Crippen LogP contribution in [0.2, 0.25) is 0 Å². The van der Waals surface area contributed by atoms with Gasteiger partial charge in [-0.1, -0.05) is 6.07 Å². The fraction of sp³-hybridized carbons (Fsp3) is 0.231. The van der Waals surface area contributed by atoms with Crippen LogP contribution in [0.4, 0.5) is 13.2 Å². The molecule has 0 amide bonds. The van der Waals surface area contributed by atoms with Gasteiger partial charge in [0.25, 0.3) is 0 Å². The van der Waals surface area contributed by atoms with Crippen LogP contribution in [0.3, 0.4) is 0 Å². The van der Waals surface area contributed by atoms with Gasteiger partial charge in [-0.15, -0.1) is 0 Å². The number of hydrogen-bond acceptors (Lipinski definition) is 2. The van der Waals surface area contributed by atoms with Gasteiger partial charge in [0, 0.05) is 0 Å². The quantitative estimate of drug-likeness (QED) is 0.793. The van der Waals surface area contributed by atoms with Gasteiger partial charge in [0.05, 0.1) is 11.9 Å². The highest BCUT2D eigenvalue weighted by Crippen LogP contribution is 2.33. The molecule has 0 N–H and O–H groups in total.